The summed E-state index contributed by atoms with van der Waals surface area (Å²) in [6, 6.07) is 6.63. The fourth-order valence-corrected chi connectivity index (χ4v) is 3.13. The lowest BCUT2D eigenvalue weighted by atomic mass is 9.85. The fourth-order valence-electron chi connectivity index (χ4n) is 3.13. The van der Waals surface area contributed by atoms with Crippen molar-refractivity contribution in [3.63, 3.8) is 0 Å². The molecule has 162 valence electrons. The van der Waals surface area contributed by atoms with Crippen LogP contribution in [0, 0.1) is 16.0 Å². The van der Waals surface area contributed by atoms with Crippen molar-refractivity contribution in [3.05, 3.63) is 39.9 Å². The van der Waals surface area contributed by atoms with Gasteiger partial charge in [-0.15, -0.1) is 0 Å². The number of rotatable bonds is 14. The zero-order valence-electron chi connectivity index (χ0n) is 17.4. The molecule has 0 fully saturated rings. The summed E-state index contributed by atoms with van der Waals surface area (Å²) in [5.74, 6) is -3.52. The minimum absolute atomic E-state index is 0.467. The van der Waals surface area contributed by atoms with Gasteiger partial charge in [-0.3, -0.25) is 19.7 Å². The first-order valence-electron chi connectivity index (χ1n) is 9.94. The second-order valence-corrected chi connectivity index (χ2v) is 6.83. The molecule has 0 amide bonds. The third kappa shape index (κ3) is 8.50. The van der Waals surface area contributed by atoms with Crippen LogP contribution in [0.15, 0.2) is 24.3 Å². The van der Waals surface area contributed by atoms with Crippen LogP contribution in [0.2, 0.25) is 0 Å². The second-order valence-electron chi connectivity index (χ2n) is 6.83. The van der Waals surface area contributed by atoms with Crippen LogP contribution >= 0.6 is 0 Å². The van der Waals surface area contributed by atoms with Gasteiger partial charge in [0.15, 0.2) is 5.92 Å². The van der Waals surface area contributed by atoms with Crippen molar-refractivity contribution < 1.29 is 28.7 Å². The molecule has 1 aromatic carbocycles. The molecule has 0 aromatic heterocycles. The summed E-state index contributed by atoms with van der Waals surface area (Å²) in [4.78, 5) is 34.7. The van der Waals surface area contributed by atoms with Crippen LogP contribution in [0.5, 0.6) is 5.75 Å². The van der Waals surface area contributed by atoms with Crippen molar-refractivity contribution in [2.45, 2.75) is 51.4 Å². The number of nitrogens with zero attached hydrogens (tertiary/aromatic N) is 1. The lowest BCUT2D eigenvalue weighted by Gasteiger charge is -2.21. The summed E-state index contributed by atoms with van der Waals surface area (Å²) in [7, 11) is 2.25. The zero-order valence-corrected chi connectivity index (χ0v) is 17.4. The van der Waals surface area contributed by atoms with Crippen molar-refractivity contribution in [2.75, 3.05) is 27.4 Å². The molecule has 8 heteroatoms. The Morgan fingerprint density at radius 2 is 1.52 bits per heavy atom. The van der Waals surface area contributed by atoms with Crippen LogP contribution in [0.1, 0.15) is 56.9 Å². The summed E-state index contributed by atoms with van der Waals surface area (Å²) < 4.78 is 15.0. The number of benzene rings is 1. The standard InChI is InChI=1S/C21H31NO7/c1-4-5-6-7-8-9-14-29-17-12-10-16(11-13-17)18(15-22(25)26)19(20(23)27-2)21(24)28-3/h10-13,18-19H,4-9,14-15H2,1-3H3/t18-/m1/s1. The Labute approximate surface area is 171 Å². The number of hydrogen-bond acceptors (Lipinski definition) is 7. The average Bonchev–Trinajstić information content (AvgIpc) is 2.72. The molecule has 1 rings (SSSR count). The molecule has 0 heterocycles. The number of hydrogen-bond donors (Lipinski definition) is 0. The van der Waals surface area contributed by atoms with Gasteiger partial charge in [0.05, 0.1) is 26.7 Å². The Morgan fingerprint density at radius 1 is 0.966 bits per heavy atom. The van der Waals surface area contributed by atoms with E-state index in [-0.39, 0.29) is 0 Å². The number of esters is 2. The topological polar surface area (TPSA) is 105 Å². The minimum Gasteiger partial charge on any atom is -0.494 e. The number of methoxy groups -OCH3 is 2. The third-order valence-electron chi connectivity index (χ3n) is 4.73. The van der Waals surface area contributed by atoms with Gasteiger partial charge < -0.3 is 14.2 Å². The highest BCUT2D eigenvalue weighted by Gasteiger charge is 2.40. The van der Waals surface area contributed by atoms with E-state index in [0.717, 1.165) is 27.1 Å². The van der Waals surface area contributed by atoms with Crippen molar-refractivity contribution in [2.24, 2.45) is 5.92 Å². The van der Waals surface area contributed by atoms with Gasteiger partial charge in [0.25, 0.3) is 0 Å². The van der Waals surface area contributed by atoms with Crippen LogP contribution in [-0.4, -0.2) is 44.2 Å². The number of ether oxygens (including phenoxy) is 3. The van der Waals surface area contributed by atoms with E-state index in [1.54, 1.807) is 24.3 Å². The molecule has 0 aliphatic heterocycles. The molecular formula is C21H31NO7. The van der Waals surface area contributed by atoms with E-state index in [0.29, 0.717) is 17.9 Å². The van der Waals surface area contributed by atoms with Gasteiger partial charge in [-0.2, -0.15) is 0 Å². The van der Waals surface area contributed by atoms with E-state index in [9.17, 15) is 19.7 Å². The van der Waals surface area contributed by atoms with Gasteiger partial charge in [-0.1, -0.05) is 51.2 Å². The highest BCUT2D eigenvalue weighted by molar-refractivity contribution is 5.96. The number of unbranched alkanes of at least 4 members (excludes halogenated alkanes) is 5. The summed E-state index contributed by atoms with van der Waals surface area (Å²) >= 11 is 0. The number of nitro groups is 1. The van der Waals surface area contributed by atoms with Gasteiger partial charge in [-0.05, 0) is 24.1 Å². The molecular weight excluding hydrogens is 378 g/mol. The van der Waals surface area contributed by atoms with Crippen molar-refractivity contribution in [1.82, 2.24) is 0 Å². The molecule has 1 atom stereocenters. The molecule has 8 nitrogen and oxygen atoms in total. The van der Waals surface area contributed by atoms with Gasteiger partial charge in [0.2, 0.25) is 6.54 Å². The Hall–Kier alpha value is -2.64. The van der Waals surface area contributed by atoms with E-state index < -0.39 is 35.2 Å². The van der Waals surface area contributed by atoms with Crippen LogP contribution in [0.3, 0.4) is 0 Å². The van der Waals surface area contributed by atoms with Gasteiger partial charge in [0, 0.05) is 4.92 Å². The molecule has 0 N–H and O–H groups in total. The smallest absolute Gasteiger partial charge is 0.320 e. The number of carbonyl (C=O) groups is 2. The summed E-state index contributed by atoms with van der Waals surface area (Å²) in [6.07, 6.45) is 6.98. The molecule has 0 radical (unpaired) electrons. The van der Waals surface area contributed by atoms with Crippen molar-refractivity contribution in [1.29, 1.82) is 0 Å². The predicted octanol–water partition coefficient (Wildman–Crippen LogP) is 3.75. The highest BCUT2D eigenvalue weighted by atomic mass is 16.6. The fraction of sp³-hybridized carbons (Fsp3) is 0.619. The average molecular weight is 409 g/mol. The molecule has 0 spiro atoms. The Balaban J connectivity index is 2.79. The van der Waals surface area contributed by atoms with Gasteiger partial charge >= 0.3 is 11.9 Å². The lowest BCUT2D eigenvalue weighted by molar-refractivity contribution is -0.484. The minimum atomic E-state index is -1.41. The molecule has 0 saturated heterocycles. The molecule has 29 heavy (non-hydrogen) atoms. The van der Waals surface area contributed by atoms with E-state index in [2.05, 4.69) is 16.4 Å². The second kappa shape index (κ2) is 13.5. The lowest BCUT2D eigenvalue weighted by Crippen LogP contribution is -2.35. The molecule has 0 aliphatic carbocycles. The van der Waals surface area contributed by atoms with Crippen LogP contribution < -0.4 is 4.74 Å². The molecule has 1 aromatic rings. The predicted molar refractivity (Wildman–Crippen MR) is 107 cm³/mol. The third-order valence-corrected chi connectivity index (χ3v) is 4.73. The van der Waals surface area contributed by atoms with E-state index in [1.807, 2.05) is 0 Å². The molecule has 0 aliphatic rings. The SMILES string of the molecule is CCCCCCCCOc1ccc([C@@H](C[N+](=O)[O-])C(C(=O)OC)C(=O)OC)cc1. The molecule has 0 bridgehead atoms. The van der Waals surface area contributed by atoms with E-state index in [4.69, 9.17) is 4.74 Å². The maximum absolute atomic E-state index is 12.1. The normalized spacial score (nSPS) is 11.7. The van der Waals surface area contributed by atoms with Gasteiger partial charge in [0.1, 0.15) is 5.75 Å². The Kier molecular flexibility index (Phi) is 11.4. The zero-order chi connectivity index (χ0) is 21.6. The molecule has 0 unspecified atom stereocenters. The summed E-state index contributed by atoms with van der Waals surface area (Å²) in [5.41, 5.74) is 0.467. The van der Waals surface area contributed by atoms with Crippen molar-refractivity contribution >= 4 is 11.9 Å². The monoisotopic (exact) mass is 409 g/mol. The van der Waals surface area contributed by atoms with Crippen LogP contribution in [-0.2, 0) is 19.1 Å². The molecule has 0 saturated carbocycles. The largest absolute Gasteiger partial charge is 0.494 e. The number of carbonyl (C=O) groups excluding carboxylic acids is 2. The van der Waals surface area contributed by atoms with Crippen LogP contribution in [0.4, 0.5) is 0 Å². The first-order chi connectivity index (χ1) is 13.9. The van der Waals surface area contributed by atoms with E-state index >= 15 is 0 Å². The first-order valence-corrected chi connectivity index (χ1v) is 9.94. The summed E-state index contributed by atoms with van der Waals surface area (Å²) in [5, 5.41) is 11.1. The van der Waals surface area contributed by atoms with Gasteiger partial charge in [-0.25, -0.2) is 0 Å². The van der Waals surface area contributed by atoms with Crippen molar-refractivity contribution in [3.8, 4) is 5.75 Å². The Morgan fingerprint density at radius 3 is 2.03 bits per heavy atom. The highest BCUT2D eigenvalue weighted by Crippen LogP contribution is 2.29. The van der Waals surface area contributed by atoms with Crippen LogP contribution in [0.25, 0.3) is 0 Å². The maximum Gasteiger partial charge on any atom is 0.320 e. The van der Waals surface area contributed by atoms with E-state index in [1.165, 1.54) is 25.7 Å². The quantitative estimate of drug-likeness (QED) is 0.151. The maximum atomic E-state index is 12.1. The summed E-state index contributed by atoms with van der Waals surface area (Å²) in [6.45, 7) is 2.17. The first kappa shape index (κ1) is 24.4. The Bertz CT molecular complexity index is 629.